The number of amides is 1. The van der Waals surface area contributed by atoms with Gasteiger partial charge in [0.25, 0.3) is 11.6 Å². The minimum Gasteiger partial charge on any atom is -0.494 e. The standard InChI is InChI=1S/C19H16N2O4/c1-2-25-14-10-11-17(18(12-14)21(23)24)20-19(22)16-9-5-7-13-6-3-4-8-15(13)16/h3-12H,2H2,1H3,(H,20,22). The van der Waals surface area contributed by atoms with E-state index in [1.807, 2.05) is 30.3 Å². The van der Waals surface area contributed by atoms with Crippen molar-refractivity contribution in [3.05, 3.63) is 76.3 Å². The van der Waals surface area contributed by atoms with Crippen LogP contribution in [0.5, 0.6) is 5.75 Å². The number of nitro groups is 1. The number of ether oxygens (including phenoxy) is 1. The third kappa shape index (κ3) is 3.42. The SMILES string of the molecule is CCOc1ccc(NC(=O)c2cccc3ccccc23)c([N+](=O)[O-])c1. The Morgan fingerprint density at radius 2 is 1.88 bits per heavy atom. The molecule has 0 saturated carbocycles. The second-order valence-corrected chi connectivity index (χ2v) is 5.35. The van der Waals surface area contributed by atoms with Gasteiger partial charge < -0.3 is 10.1 Å². The lowest BCUT2D eigenvalue weighted by atomic mass is 10.0. The lowest BCUT2D eigenvalue weighted by Gasteiger charge is -2.10. The van der Waals surface area contributed by atoms with Crippen LogP contribution in [0.4, 0.5) is 11.4 Å². The summed E-state index contributed by atoms with van der Waals surface area (Å²) in [6, 6.07) is 17.2. The first-order valence-corrected chi connectivity index (χ1v) is 7.80. The van der Waals surface area contributed by atoms with Crippen LogP contribution >= 0.6 is 0 Å². The van der Waals surface area contributed by atoms with Gasteiger partial charge >= 0.3 is 0 Å². The minimum atomic E-state index is -0.540. The number of benzene rings is 3. The molecule has 0 aliphatic carbocycles. The Hall–Kier alpha value is -3.41. The van der Waals surface area contributed by atoms with E-state index < -0.39 is 10.8 Å². The molecule has 0 saturated heterocycles. The van der Waals surface area contributed by atoms with Crippen molar-refractivity contribution in [2.45, 2.75) is 6.92 Å². The van der Waals surface area contributed by atoms with Gasteiger partial charge in [0.15, 0.2) is 0 Å². The molecule has 0 heterocycles. The first kappa shape index (κ1) is 16.4. The molecule has 6 heteroatoms. The molecule has 0 unspecified atom stereocenters. The van der Waals surface area contributed by atoms with Crippen molar-refractivity contribution >= 4 is 28.1 Å². The minimum absolute atomic E-state index is 0.131. The molecule has 25 heavy (non-hydrogen) atoms. The molecule has 126 valence electrons. The van der Waals surface area contributed by atoms with Crippen molar-refractivity contribution in [3.8, 4) is 5.75 Å². The summed E-state index contributed by atoms with van der Waals surface area (Å²) in [5.74, 6) is -0.0126. The quantitative estimate of drug-likeness (QED) is 0.553. The van der Waals surface area contributed by atoms with Gasteiger partial charge in [-0.1, -0.05) is 36.4 Å². The van der Waals surface area contributed by atoms with E-state index in [-0.39, 0.29) is 11.4 Å². The number of fused-ring (bicyclic) bond motifs is 1. The average molecular weight is 336 g/mol. The van der Waals surface area contributed by atoms with Crippen molar-refractivity contribution < 1.29 is 14.5 Å². The van der Waals surface area contributed by atoms with Crippen LogP contribution in [0.2, 0.25) is 0 Å². The predicted octanol–water partition coefficient (Wildman–Crippen LogP) is 4.40. The van der Waals surface area contributed by atoms with Crippen molar-refractivity contribution in [1.29, 1.82) is 0 Å². The van der Waals surface area contributed by atoms with Crippen molar-refractivity contribution in [1.82, 2.24) is 0 Å². The Balaban J connectivity index is 1.96. The van der Waals surface area contributed by atoms with E-state index in [2.05, 4.69) is 5.32 Å². The maximum Gasteiger partial charge on any atom is 0.296 e. The Labute approximate surface area is 144 Å². The first-order chi connectivity index (χ1) is 12.1. The van der Waals surface area contributed by atoms with Crippen molar-refractivity contribution in [2.75, 3.05) is 11.9 Å². The molecule has 6 nitrogen and oxygen atoms in total. The van der Waals surface area contributed by atoms with Crippen LogP contribution in [0.1, 0.15) is 17.3 Å². The lowest BCUT2D eigenvalue weighted by molar-refractivity contribution is -0.384. The molecule has 3 rings (SSSR count). The Kier molecular flexibility index (Phi) is 4.61. The summed E-state index contributed by atoms with van der Waals surface area (Å²) in [5, 5.41) is 15.7. The molecule has 3 aromatic carbocycles. The first-order valence-electron chi connectivity index (χ1n) is 7.80. The molecule has 0 atom stereocenters. The van der Waals surface area contributed by atoms with Crippen molar-refractivity contribution in [3.63, 3.8) is 0 Å². The summed E-state index contributed by atoms with van der Waals surface area (Å²) >= 11 is 0. The van der Waals surface area contributed by atoms with Gasteiger partial charge in [0.1, 0.15) is 11.4 Å². The largest absolute Gasteiger partial charge is 0.494 e. The summed E-state index contributed by atoms with van der Waals surface area (Å²) in [6.45, 7) is 2.20. The summed E-state index contributed by atoms with van der Waals surface area (Å²) in [7, 11) is 0. The highest BCUT2D eigenvalue weighted by Gasteiger charge is 2.19. The van der Waals surface area contributed by atoms with Gasteiger partial charge in [-0.05, 0) is 35.9 Å². The third-order valence-corrected chi connectivity index (χ3v) is 3.76. The molecule has 0 radical (unpaired) electrons. The fourth-order valence-electron chi connectivity index (χ4n) is 2.64. The highest BCUT2D eigenvalue weighted by Crippen LogP contribution is 2.30. The van der Waals surface area contributed by atoms with Crippen LogP contribution in [0.25, 0.3) is 10.8 Å². The fourth-order valence-corrected chi connectivity index (χ4v) is 2.64. The number of nitro benzene ring substituents is 1. The zero-order valence-electron chi connectivity index (χ0n) is 13.6. The number of nitrogens with one attached hydrogen (secondary N) is 1. The van der Waals surface area contributed by atoms with E-state index in [1.165, 1.54) is 12.1 Å². The third-order valence-electron chi connectivity index (χ3n) is 3.76. The van der Waals surface area contributed by atoms with Crippen LogP contribution in [0.3, 0.4) is 0 Å². The molecule has 0 aliphatic rings. The number of anilines is 1. The maximum atomic E-state index is 12.6. The van der Waals surface area contributed by atoms with Gasteiger partial charge in [-0.15, -0.1) is 0 Å². The highest BCUT2D eigenvalue weighted by molar-refractivity contribution is 6.13. The topological polar surface area (TPSA) is 81.5 Å². The van der Waals surface area contributed by atoms with Gasteiger partial charge in [0, 0.05) is 5.56 Å². The Bertz CT molecular complexity index is 948. The lowest BCUT2D eigenvalue weighted by Crippen LogP contribution is -2.13. The maximum absolute atomic E-state index is 12.6. The number of hydrogen-bond acceptors (Lipinski definition) is 4. The number of nitrogens with zero attached hydrogens (tertiary/aromatic N) is 1. The zero-order chi connectivity index (χ0) is 17.8. The molecule has 0 aliphatic heterocycles. The van der Waals surface area contributed by atoms with Crippen LogP contribution < -0.4 is 10.1 Å². The van der Waals surface area contributed by atoms with Gasteiger partial charge in [0.05, 0.1) is 17.6 Å². The van der Waals surface area contributed by atoms with Gasteiger partial charge in [0.2, 0.25) is 0 Å². The van der Waals surface area contributed by atoms with E-state index in [0.29, 0.717) is 17.9 Å². The summed E-state index contributed by atoms with van der Waals surface area (Å²) < 4.78 is 5.28. The molecule has 0 fully saturated rings. The zero-order valence-corrected chi connectivity index (χ0v) is 13.6. The van der Waals surface area contributed by atoms with Crippen LogP contribution in [0, 0.1) is 10.1 Å². The molecule has 0 spiro atoms. The second kappa shape index (κ2) is 7.00. The van der Waals surface area contributed by atoms with Crippen LogP contribution in [-0.4, -0.2) is 17.4 Å². The summed E-state index contributed by atoms with van der Waals surface area (Å²) in [4.78, 5) is 23.4. The second-order valence-electron chi connectivity index (χ2n) is 5.35. The summed E-state index contributed by atoms with van der Waals surface area (Å²) in [5.41, 5.74) is 0.382. The van der Waals surface area contributed by atoms with E-state index in [0.717, 1.165) is 10.8 Å². The molecule has 0 bridgehead atoms. The van der Waals surface area contributed by atoms with Gasteiger partial charge in [-0.2, -0.15) is 0 Å². The molecule has 3 aromatic rings. The van der Waals surface area contributed by atoms with Crippen molar-refractivity contribution in [2.24, 2.45) is 0 Å². The number of carbonyl (C=O) groups is 1. The average Bonchev–Trinajstić information content (AvgIpc) is 2.62. The summed E-state index contributed by atoms with van der Waals surface area (Å²) in [6.07, 6.45) is 0. The Morgan fingerprint density at radius 3 is 2.64 bits per heavy atom. The van der Waals surface area contributed by atoms with E-state index in [4.69, 9.17) is 4.74 Å². The molecular formula is C19H16N2O4. The smallest absolute Gasteiger partial charge is 0.296 e. The monoisotopic (exact) mass is 336 g/mol. The molecule has 0 aromatic heterocycles. The fraction of sp³-hybridized carbons (Fsp3) is 0.105. The van der Waals surface area contributed by atoms with Crippen LogP contribution in [-0.2, 0) is 0 Å². The Morgan fingerprint density at radius 1 is 1.12 bits per heavy atom. The highest BCUT2D eigenvalue weighted by atomic mass is 16.6. The molecule has 1 N–H and O–H groups in total. The predicted molar refractivity (Wildman–Crippen MR) is 96.2 cm³/mol. The number of carbonyl (C=O) groups excluding carboxylic acids is 1. The van der Waals surface area contributed by atoms with Gasteiger partial charge in [-0.3, -0.25) is 14.9 Å². The van der Waals surface area contributed by atoms with E-state index >= 15 is 0 Å². The van der Waals surface area contributed by atoms with Crippen LogP contribution in [0.15, 0.2) is 60.7 Å². The normalized spacial score (nSPS) is 10.4. The number of hydrogen-bond donors (Lipinski definition) is 1. The van der Waals surface area contributed by atoms with E-state index in [9.17, 15) is 14.9 Å². The van der Waals surface area contributed by atoms with E-state index in [1.54, 1.807) is 25.1 Å². The number of rotatable bonds is 5. The molecule has 1 amide bonds. The molecular weight excluding hydrogens is 320 g/mol. The van der Waals surface area contributed by atoms with Gasteiger partial charge in [-0.25, -0.2) is 0 Å².